The van der Waals surface area contributed by atoms with Gasteiger partial charge in [0.1, 0.15) is 9.86 Å². The van der Waals surface area contributed by atoms with Crippen molar-refractivity contribution in [2.24, 2.45) is 0 Å². The van der Waals surface area contributed by atoms with Crippen molar-refractivity contribution in [3.05, 3.63) is 45.2 Å². The van der Waals surface area contributed by atoms with Crippen molar-refractivity contribution in [1.29, 1.82) is 0 Å². The highest BCUT2D eigenvalue weighted by molar-refractivity contribution is 8.24. The molecule has 1 aromatic carbocycles. The van der Waals surface area contributed by atoms with Crippen LogP contribution in [0.1, 0.15) is 26.3 Å². The second-order valence-electron chi connectivity index (χ2n) is 5.77. The standard InChI is InChI=1S/C14H17N3O3S2/c1-13(2)14(3,22-12(21)15(13)4)16(18)9-10-5-7-11(8-6-10)17(19)20/h5-9H,1-4H3/b16-9+/t14-/m0/s1. The number of hydrogen-bond donors (Lipinski definition) is 0. The predicted molar refractivity (Wildman–Crippen MR) is 92.3 cm³/mol. The number of likely N-dealkylation sites (N-methyl/N-ethyl adjacent to an activating group) is 1. The highest BCUT2D eigenvalue weighted by atomic mass is 32.2. The third kappa shape index (κ3) is 2.56. The van der Waals surface area contributed by atoms with Gasteiger partial charge in [0.25, 0.3) is 5.69 Å². The third-order valence-electron chi connectivity index (χ3n) is 4.32. The van der Waals surface area contributed by atoms with E-state index in [9.17, 15) is 15.3 Å². The SMILES string of the molecule is CN1C(=S)S[C@](C)(/[N+]([O-])=C\c2ccc([N+](=O)[O-])cc2)C1(C)C. The number of hydrogen-bond acceptors (Lipinski definition) is 5. The third-order valence-corrected chi connectivity index (χ3v) is 6.37. The maximum Gasteiger partial charge on any atom is 0.269 e. The van der Waals surface area contributed by atoms with Crippen LogP contribution in [0.15, 0.2) is 24.3 Å². The molecule has 6 nitrogen and oxygen atoms in total. The number of benzene rings is 1. The molecule has 1 atom stereocenters. The molecular formula is C14H17N3O3S2. The van der Waals surface area contributed by atoms with Crippen LogP contribution in [0.4, 0.5) is 5.69 Å². The van der Waals surface area contributed by atoms with Crippen LogP contribution in [-0.2, 0) is 0 Å². The predicted octanol–water partition coefficient (Wildman–Crippen LogP) is 2.98. The largest absolute Gasteiger partial charge is 0.623 e. The summed E-state index contributed by atoms with van der Waals surface area (Å²) >= 11 is 6.65. The zero-order chi connectivity index (χ0) is 16.7. The van der Waals surface area contributed by atoms with Crippen LogP contribution >= 0.6 is 24.0 Å². The molecule has 22 heavy (non-hydrogen) atoms. The van der Waals surface area contributed by atoms with Gasteiger partial charge in [-0.25, -0.2) is 0 Å². The van der Waals surface area contributed by atoms with E-state index in [-0.39, 0.29) is 5.69 Å². The Morgan fingerprint density at radius 1 is 1.23 bits per heavy atom. The maximum atomic E-state index is 12.7. The first-order valence-corrected chi connectivity index (χ1v) is 7.84. The van der Waals surface area contributed by atoms with E-state index in [1.54, 1.807) is 12.1 Å². The minimum Gasteiger partial charge on any atom is -0.623 e. The molecule has 0 amide bonds. The molecule has 118 valence electrons. The first-order valence-electron chi connectivity index (χ1n) is 6.62. The van der Waals surface area contributed by atoms with E-state index in [1.807, 2.05) is 32.7 Å². The second-order valence-corrected chi connectivity index (χ2v) is 7.80. The number of nitro benzene ring substituents is 1. The van der Waals surface area contributed by atoms with E-state index >= 15 is 0 Å². The molecule has 0 aliphatic carbocycles. The summed E-state index contributed by atoms with van der Waals surface area (Å²) in [5.41, 5.74) is 0.157. The Balaban J connectivity index is 2.36. The molecule has 1 aliphatic heterocycles. The van der Waals surface area contributed by atoms with Gasteiger partial charge in [-0.3, -0.25) is 10.1 Å². The Hall–Kier alpha value is -1.67. The molecule has 0 spiro atoms. The van der Waals surface area contributed by atoms with Gasteiger partial charge in [-0.05, 0) is 37.7 Å². The molecule has 1 aliphatic rings. The summed E-state index contributed by atoms with van der Waals surface area (Å²) in [5.74, 6) is 0. The van der Waals surface area contributed by atoms with Crippen LogP contribution in [0.25, 0.3) is 0 Å². The molecule has 1 saturated heterocycles. The summed E-state index contributed by atoms with van der Waals surface area (Å²) in [6.07, 6.45) is 1.44. The van der Waals surface area contributed by atoms with Crippen molar-refractivity contribution in [2.45, 2.75) is 31.2 Å². The number of nitrogens with zero attached hydrogens (tertiary/aromatic N) is 3. The lowest BCUT2D eigenvalue weighted by Crippen LogP contribution is -2.55. The van der Waals surface area contributed by atoms with Crippen molar-refractivity contribution < 1.29 is 9.66 Å². The zero-order valence-electron chi connectivity index (χ0n) is 12.8. The van der Waals surface area contributed by atoms with Crippen molar-refractivity contribution >= 4 is 40.2 Å². The van der Waals surface area contributed by atoms with Gasteiger partial charge in [0, 0.05) is 31.7 Å². The van der Waals surface area contributed by atoms with E-state index in [4.69, 9.17) is 12.2 Å². The minimum atomic E-state index is -0.777. The number of thioether (sulfide) groups is 1. The van der Waals surface area contributed by atoms with E-state index < -0.39 is 15.3 Å². The molecule has 0 radical (unpaired) electrons. The van der Waals surface area contributed by atoms with Gasteiger partial charge in [-0.15, -0.1) is 0 Å². The number of thiocarbonyl (C=S) groups is 1. The second kappa shape index (κ2) is 5.51. The normalized spacial score (nSPS) is 24.6. The van der Waals surface area contributed by atoms with Crippen LogP contribution in [-0.4, -0.2) is 42.6 Å². The zero-order valence-corrected chi connectivity index (χ0v) is 14.4. The Bertz CT molecular complexity index is 658. The topological polar surface area (TPSA) is 72.5 Å². The van der Waals surface area contributed by atoms with E-state index in [0.29, 0.717) is 9.88 Å². The molecular weight excluding hydrogens is 322 g/mol. The molecule has 8 heteroatoms. The molecule has 2 rings (SSSR count). The van der Waals surface area contributed by atoms with E-state index in [2.05, 4.69) is 0 Å². The summed E-state index contributed by atoms with van der Waals surface area (Å²) in [6, 6.07) is 5.87. The Morgan fingerprint density at radius 2 is 1.77 bits per heavy atom. The van der Waals surface area contributed by atoms with Gasteiger partial charge in [0.2, 0.25) is 4.87 Å². The molecule has 0 saturated carbocycles. The van der Waals surface area contributed by atoms with Crippen LogP contribution in [0.3, 0.4) is 0 Å². The molecule has 0 N–H and O–H groups in total. The highest BCUT2D eigenvalue weighted by Gasteiger charge is 2.59. The quantitative estimate of drug-likeness (QED) is 0.210. The lowest BCUT2D eigenvalue weighted by Gasteiger charge is -2.37. The van der Waals surface area contributed by atoms with Crippen LogP contribution < -0.4 is 0 Å². The molecule has 0 aromatic heterocycles. The number of non-ortho nitro benzene ring substituents is 1. The lowest BCUT2D eigenvalue weighted by atomic mass is 9.94. The molecule has 0 unspecified atom stereocenters. The van der Waals surface area contributed by atoms with Crippen LogP contribution in [0.5, 0.6) is 0 Å². The van der Waals surface area contributed by atoms with E-state index in [0.717, 1.165) is 4.74 Å². The monoisotopic (exact) mass is 339 g/mol. The highest BCUT2D eigenvalue weighted by Crippen LogP contribution is 2.48. The Kier molecular flexibility index (Phi) is 4.18. The van der Waals surface area contributed by atoms with E-state index in [1.165, 1.54) is 30.1 Å². The van der Waals surface area contributed by atoms with Crippen LogP contribution in [0, 0.1) is 15.3 Å². The first-order chi connectivity index (χ1) is 10.1. The molecule has 1 fully saturated rings. The van der Waals surface area contributed by atoms with Crippen molar-refractivity contribution in [3.63, 3.8) is 0 Å². The first kappa shape index (κ1) is 16.7. The van der Waals surface area contributed by atoms with Gasteiger partial charge < -0.3 is 10.1 Å². The van der Waals surface area contributed by atoms with Gasteiger partial charge >= 0.3 is 0 Å². The summed E-state index contributed by atoms with van der Waals surface area (Å²) in [6.45, 7) is 5.78. The Labute approximate surface area is 138 Å². The molecule has 1 heterocycles. The lowest BCUT2D eigenvalue weighted by molar-refractivity contribution is -0.522. The smallest absolute Gasteiger partial charge is 0.269 e. The van der Waals surface area contributed by atoms with Crippen molar-refractivity contribution in [1.82, 2.24) is 4.90 Å². The van der Waals surface area contributed by atoms with Gasteiger partial charge in [-0.2, -0.15) is 4.74 Å². The maximum absolute atomic E-state index is 12.7. The summed E-state index contributed by atoms with van der Waals surface area (Å²) in [5, 5.41) is 23.3. The average molecular weight is 339 g/mol. The number of rotatable bonds is 3. The molecule has 1 aromatic rings. The summed E-state index contributed by atoms with van der Waals surface area (Å²) < 4.78 is 1.56. The van der Waals surface area contributed by atoms with Crippen molar-refractivity contribution in [2.75, 3.05) is 7.05 Å². The Morgan fingerprint density at radius 3 is 2.18 bits per heavy atom. The fourth-order valence-electron chi connectivity index (χ4n) is 2.16. The van der Waals surface area contributed by atoms with Gasteiger partial charge in [-0.1, -0.05) is 12.2 Å². The molecule has 0 bridgehead atoms. The van der Waals surface area contributed by atoms with Gasteiger partial charge in [0.15, 0.2) is 6.21 Å². The summed E-state index contributed by atoms with van der Waals surface area (Å²) in [7, 11) is 1.88. The number of hydroxylamine groups is 1. The fraction of sp³-hybridized carbons (Fsp3) is 0.429. The minimum absolute atomic E-state index is 0.00251. The number of nitro groups is 1. The summed E-state index contributed by atoms with van der Waals surface area (Å²) in [4.78, 5) is 11.3. The fourth-order valence-corrected chi connectivity index (χ4v) is 4.11. The average Bonchev–Trinajstić information content (AvgIpc) is 2.60. The van der Waals surface area contributed by atoms with Gasteiger partial charge in [0.05, 0.1) is 4.92 Å². The van der Waals surface area contributed by atoms with Crippen LogP contribution in [0.2, 0.25) is 0 Å². The van der Waals surface area contributed by atoms with Crippen molar-refractivity contribution in [3.8, 4) is 0 Å².